The Bertz CT molecular complexity index is 330. The van der Waals surface area contributed by atoms with E-state index < -0.39 is 11.9 Å². The number of hydrogen-bond acceptors (Lipinski definition) is 4. The Labute approximate surface area is 75.3 Å². The summed E-state index contributed by atoms with van der Waals surface area (Å²) in [5.41, 5.74) is 0. The fourth-order valence-corrected chi connectivity index (χ4v) is 0.884. The summed E-state index contributed by atoms with van der Waals surface area (Å²) in [7, 11) is 0. The van der Waals surface area contributed by atoms with Gasteiger partial charge in [-0.2, -0.15) is 0 Å². The molecule has 0 saturated heterocycles. The number of nitrogens with zero attached hydrogens (tertiary/aromatic N) is 2. The topological polar surface area (TPSA) is 61.2 Å². The number of hydrogen-bond donors (Lipinski definition) is 0. The molecule has 1 rings (SSSR count). The molecule has 1 aromatic heterocycles. The lowest BCUT2D eigenvalue weighted by atomic mass is 10.5. The monoisotopic (exact) mass is 182 g/mol. The van der Waals surface area contributed by atoms with Crippen molar-refractivity contribution in [3.05, 3.63) is 18.2 Å². The Balaban J connectivity index is 2.80. The average molecular weight is 182 g/mol. The fourth-order valence-electron chi connectivity index (χ4n) is 0.884. The largest absolute Gasteiger partial charge is 0.459 e. The van der Waals surface area contributed by atoms with E-state index in [1.807, 2.05) is 0 Å². The van der Waals surface area contributed by atoms with Gasteiger partial charge in [-0.25, -0.2) is 9.78 Å². The molecule has 0 amide bonds. The van der Waals surface area contributed by atoms with Gasteiger partial charge >= 0.3 is 11.9 Å². The van der Waals surface area contributed by atoms with Crippen LogP contribution in [0.2, 0.25) is 0 Å². The van der Waals surface area contributed by atoms with Crippen molar-refractivity contribution in [3.63, 3.8) is 0 Å². The van der Waals surface area contributed by atoms with Crippen LogP contribution < -0.4 is 0 Å². The van der Waals surface area contributed by atoms with Crippen LogP contribution in [0.5, 0.6) is 0 Å². The SMILES string of the molecule is CCOC(=O)C(=O)n1ccnc1C. The summed E-state index contributed by atoms with van der Waals surface area (Å²) in [5.74, 6) is -1.10. The highest BCUT2D eigenvalue weighted by molar-refractivity contribution is 6.33. The molecule has 0 aromatic carbocycles. The van der Waals surface area contributed by atoms with Crippen molar-refractivity contribution in [1.29, 1.82) is 0 Å². The Morgan fingerprint density at radius 2 is 2.31 bits per heavy atom. The van der Waals surface area contributed by atoms with Gasteiger partial charge in [-0.1, -0.05) is 0 Å². The van der Waals surface area contributed by atoms with E-state index in [2.05, 4.69) is 9.72 Å². The summed E-state index contributed by atoms with van der Waals surface area (Å²) in [5, 5.41) is 0. The molecule has 0 aliphatic rings. The summed E-state index contributed by atoms with van der Waals surface area (Å²) in [6.07, 6.45) is 2.88. The van der Waals surface area contributed by atoms with Crippen LogP contribution >= 0.6 is 0 Å². The molecule has 0 radical (unpaired) electrons. The molecule has 5 heteroatoms. The summed E-state index contributed by atoms with van der Waals surface area (Å²) in [4.78, 5) is 26.1. The maximum atomic E-state index is 11.3. The zero-order valence-corrected chi connectivity index (χ0v) is 7.48. The molecule has 0 bridgehead atoms. The van der Waals surface area contributed by atoms with Crippen LogP contribution in [0.25, 0.3) is 0 Å². The molecule has 0 aliphatic carbocycles. The number of aromatic nitrogens is 2. The Morgan fingerprint density at radius 1 is 1.62 bits per heavy atom. The molecule has 5 nitrogen and oxygen atoms in total. The van der Waals surface area contributed by atoms with Crippen molar-refractivity contribution in [2.45, 2.75) is 13.8 Å². The van der Waals surface area contributed by atoms with E-state index in [1.165, 1.54) is 12.4 Å². The molecule has 70 valence electrons. The Hall–Kier alpha value is -1.65. The van der Waals surface area contributed by atoms with E-state index in [9.17, 15) is 9.59 Å². The molecule has 0 atom stereocenters. The summed E-state index contributed by atoms with van der Waals surface area (Å²) >= 11 is 0. The predicted molar refractivity (Wildman–Crippen MR) is 44.2 cm³/mol. The third-order valence-electron chi connectivity index (χ3n) is 1.49. The maximum absolute atomic E-state index is 11.3. The van der Waals surface area contributed by atoms with Gasteiger partial charge in [0.15, 0.2) is 0 Å². The third-order valence-corrected chi connectivity index (χ3v) is 1.49. The van der Waals surface area contributed by atoms with E-state index >= 15 is 0 Å². The quantitative estimate of drug-likeness (QED) is 0.465. The highest BCUT2D eigenvalue weighted by Crippen LogP contribution is 1.96. The molecule has 1 heterocycles. The molecule has 0 aliphatic heterocycles. The maximum Gasteiger partial charge on any atom is 0.397 e. The van der Waals surface area contributed by atoms with Crippen LogP contribution in [-0.2, 0) is 9.53 Å². The number of rotatable bonds is 1. The van der Waals surface area contributed by atoms with Gasteiger partial charge in [0.2, 0.25) is 0 Å². The van der Waals surface area contributed by atoms with Crippen LogP contribution in [0.15, 0.2) is 12.4 Å². The van der Waals surface area contributed by atoms with Crippen molar-refractivity contribution >= 4 is 11.9 Å². The van der Waals surface area contributed by atoms with E-state index in [4.69, 9.17) is 0 Å². The number of aryl methyl sites for hydroxylation is 1. The zero-order valence-electron chi connectivity index (χ0n) is 7.48. The molecule has 1 aromatic rings. The standard InChI is InChI=1S/C8H10N2O3/c1-3-13-8(12)7(11)10-5-4-9-6(10)2/h4-5H,3H2,1-2H3. The summed E-state index contributed by atoms with van der Waals surface area (Å²) < 4.78 is 5.70. The normalized spacial score (nSPS) is 9.69. The van der Waals surface area contributed by atoms with Crippen molar-refractivity contribution < 1.29 is 14.3 Å². The number of carbonyl (C=O) groups excluding carboxylic acids is 2. The van der Waals surface area contributed by atoms with Gasteiger partial charge in [0.25, 0.3) is 0 Å². The van der Waals surface area contributed by atoms with Gasteiger partial charge in [-0.15, -0.1) is 0 Å². The fraction of sp³-hybridized carbons (Fsp3) is 0.375. The highest BCUT2D eigenvalue weighted by atomic mass is 16.5. The second-order valence-corrected chi connectivity index (χ2v) is 2.37. The lowest BCUT2D eigenvalue weighted by Crippen LogP contribution is -2.24. The van der Waals surface area contributed by atoms with Crippen molar-refractivity contribution in [2.75, 3.05) is 6.61 Å². The molecular formula is C8H10N2O3. The van der Waals surface area contributed by atoms with E-state index in [-0.39, 0.29) is 6.61 Å². The minimum atomic E-state index is -0.858. The van der Waals surface area contributed by atoms with E-state index in [1.54, 1.807) is 13.8 Å². The van der Waals surface area contributed by atoms with Gasteiger partial charge in [-0.05, 0) is 13.8 Å². The van der Waals surface area contributed by atoms with Gasteiger partial charge in [-0.3, -0.25) is 9.36 Å². The molecule has 13 heavy (non-hydrogen) atoms. The molecule has 0 unspecified atom stereocenters. The number of ether oxygens (including phenoxy) is 1. The van der Waals surface area contributed by atoms with E-state index in [0.29, 0.717) is 5.82 Å². The van der Waals surface area contributed by atoms with Gasteiger partial charge in [0.1, 0.15) is 5.82 Å². The van der Waals surface area contributed by atoms with E-state index in [0.717, 1.165) is 4.57 Å². The van der Waals surface area contributed by atoms with Gasteiger partial charge < -0.3 is 4.74 Å². The van der Waals surface area contributed by atoms with Crippen molar-refractivity contribution in [3.8, 4) is 0 Å². The van der Waals surface area contributed by atoms with Gasteiger partial charge in [0, 0.05) is 12.4 Å². The number of imidazole rings is 1. The van der Waals surface area contributed by atoms with Gasteiger partial charge in [0.05, 0.1) is 6.61 Å². The van der Waals surface area contributed by atoms with Crippen molar-refractivity contribution in [2.24, 2.45) is 0 Å². The van der Waals surface area contributed by atoms with Crippen LogP contribution in [0.3, 0.4) is 0 Å². The smallest absolute Gasteiger partial charge is 0.397 e. The van der Waals surface area contributed by atoms with Crippen molar-refractivity contribution in [1.82, 2.24) is 9.55 Å². The molecule has 0 N–H and O–H groups in total. The molecule has 0 fully saturated rings. The Morgan fingerprint density at radius 3 is 2.77 bits per heavy atom. The Kier molecular flexibility index (Phi) is 2.79. The third kappa shape index (κ3) is 1.93. The highest BCUT2D eigenvalue weighted by Gasteiger charge is 2.18. The molecular weight excluding hydrogens is 172 g/mol. The second-order valence-electron chi connectivity index (χ2n) is 2.37. The first kappa shape index (κ1) is 9.44. The average Bonchev–Trinajstić information content (AvgIpc) is 2.50. The molecule has 0 saturated carbocycles. The lowest BCUT2D eigenvalue weighted by Gasteiger charge is -2.01. The summed E-state index contributed by atoms with van der Waals surface area (Å²) in [6, 6.07) is 0. The second kappa shape index (κ2) is 3.84. The first-order valence-electron chi connectivity index (χ1n) is 3.88. The minimum absolute atomic E-state index is 0.193. The predicted octanol–water partition coefficient (Wildman–Crippen LogP) is 0.395. The number of esters is 1. The number of carbonyl (C=O) groups is 2. The minimum Gasteiger partial charge on any atom is -0.459 e. The zero-order chi connectivity index (χ0) is 9.84. The van der Waals surface area contributed by atoms with Crippen LogP contribution in [0.4, 0.5) is 0 Å². The van der Waals surface area contributed by atoms with Crippen LogP contribution in [0.1, 0.15) is 17.5 Å². The lowest BCUT2D eigenvalue weighted by molar-refractivity contribution is -0.138. The first-order valence-corrected chi connectivity index (χ1v) is 3.88. The van der Waals surface area contributed by atoms with Crippen LogP contribution in [-0.4, -0.2) is 28.0 Å². The first-order chi connectivity index (χ1) is 6.16. The summed E-state index contributed by atoms with van der Waals surface area (Å²) in [6.45, 7) is 3.47. The molecule has 0 spiro atoms. The van der Waals surface area contributed by atoms with Crippen LogP contribution in [0, 0.1) is 6.92 Å².